The van der Waals surface area contributed by atoms with E-state index in [2.05, 4.69) is 101 Å². The van der Waals surface area contributed by atoms with Gasteiger partial charge in [-0.1, -0.05) is 87.9 Å². The van der Waals surface area contributed by atoms with Gasteiger partial charge in [0.15, 0.2) is 5.78 Å². The minimum atomic E-state index is -0.125. The summed E-state index contributed by atoms with van der Waals surface area (Å²) in [5, 5.41) is 16.0. The molecule has 5 heteroatoms. The number of hydrogen-bond donors (Lipinski definition) is 1. The number of aromatic nitrogens is 1. The van der Waals surface area contributed by atoms with E-state index >= 15 is 0 Å². The Morgan fingerprint density at radius 3 is 2.30 bits per heavy atom. The summed E-state index contributed by atoms with van der Waals surface area (Å²) in [7, 11) is 0. The van der Waals surface area contributed by atoms with Crippen LogP contribution < -0.4 is 0 Å². The van der Waals surface area contributed by atoms with Gasteiger partial charge in [0.25, 0.3) is 0 Å². The Morgan fingerprint density at radius 2 is 1.61 bits per heavy atom. The minimum absolute atomic E-state index is 0. The summed E-state index contributed by atoms with van der Waals surface area (Å²) in [5.41, 5.74) is 6.86. The quantitative estimate of drug-likeness (QED) is 0.108. The Labute approximate surface area is 277 Å². The van der Waals surface area contributed by atoms with Crippen LogP contribution in [0.25, 0.3) is 53.0 Å². The fraction of sp³-hybridized carbons (Fsp3) is 0.282. The van der Waals surface area contributed by atoms with Crippen molar-refractivity contribution in [2.24, 2.45) is 0 Å². The number of rotatable bonds is 2. The molecule has 0 bridgehead atoms. The van der Waals surface area contributed by atoms with Crippen LogP contribution in [-0.4, -0.2) is 15.9 Å². The minimum Gasteiger partial charge on any atom is -0.512 e. The number of pyridine rings is 1. The van der Waals surface area contributed by atoms with Crippen molar-refractivity contribution in [2.75, 3.05) is 0 Å². The number of hydrogen-bond acceptors (Lipinski definition) is 4. The van der Waals surface area contributed by atoms with Gasteiger partial charge in [-0.2, -0.15) is 0 Å². The van der Waals surface area contributed by atoms with Gasteiger partial charge < -0.3 is 10.1 Å². The molecule has 6 aromatic rings. The van der Waals surface area contributed by atoms with Crippen LogP contribution in [0.1, 0.15) is 71.1 Å². The topological polar surface area (TPSA) is 50.2 Å². The van der Waals surface area contributed by atoms with Crippen LogP contribution in [-0.2, 0) is 35.7 Å². The average molecular weight is 777 g/mol. The fourth-order valence-electron chi connectivity index (χ4n) is 6.70. The van der Waals surface area contributed by atoms with Crippen LogP contribution in [0.4, 0.5) is 0 Å². The molecule has 1 aliphatic rings. The molecule has 227 valence electrons. The second-order valence-electron chi connectivity index (χ2n) is 13.3. The predicted octanol–water partition coefficient (Wildman–Crippen LogP) is 10.9. The van der Waals surface area contributed by atoms with Gasteiger partial charge in [-0.15, -0.1) is 34.6 Å². The molecule has 0 unspecified atom stereocenters. The SMILES string of the molecule is CC(=O)/C=C(/C)O.Cc1c[c-]c(-c2nccc3cc4sc5c6c(ccc5c4cc23)C(C)(C)CCC6(C)C)c2ccccc12.[Ir]. The van der Waals surface area contributed by atoms with Crippen LogP contribution in [0.2, 0.25) is 0 Å². The third kappa shape index (κ3) is 5.62. The van der Waals surface area contributed by atoms with E-state index in [9.17, 15) is 4.79 Å². The third-order valence-corrected chi connectivity index (χ3v) is 10.2. The van der Waals surface area contributed by atoms with Crippen LogP contribution in [0.15, 0.2) is 78.7 Å². The van der Waals surface area contributed by atoms with Crippen molar-refractivity contribution in [3.05, 3.63) is 101 Å². The summed E-state index contributed by atoms with van der Waals surface area (Å²) < 4.78 is 2.83. The maximum absolute atomic E-state index is 10.0. The fourth-order valence-corrected chi connectivity index (χ4v) is 8.16. The Hall–Kier alpha value is -3.37. The number of thiophene rings is 1. The second kappa shape index (κ2) is 11.9. The van der Waals surface area contributed by atoms with Gasteiger partial charge >= 0.3 is 0 Å². The van der Waals surface area contributed by atoms with Gasteiger partial charge in [-0.05, 0) is 77.2 Å². The number of carbonyl (C=O) groups excluding carboxylic acids is 1. The smallest absolute Gasteiger partial charge is 0.155 e. The van der Waals surface area contributed by atoms with Gasteiger partial charge in [0.2, 0.25) is 0 Å². The van der Waals surface area contributed by atoms with Crippen molar-refractivity contribution in [2.45, 2.75) is 72.1 Å². The number of allylic oxidation sites excluding steroid dienone is 2. The Kier molecular flexibility index (Phi) is 8.63. The molecule has 2 heterocycles. The molecular formula is C39H38IrNO2S-. The molecular weight excluding hydrogens is 739 g/mol. The first-order valence-electron chi connectivity index (χ1n) is 14.9. The molecule has 4 aromatic carbocycles. The molecule has 0 saturated carbocycles. The Morgan fingerprint density at radius 1 is 0.909 bits per heavy atom. The summed E-state index contributed by atoms with van der Waals surface area (Å²) in [5.74, 6) is -0.0625. The first kappa shape index (κ1) is 32.0. The molecule has 0 atom stereocenters. The molecule has 0 spiro atoms. The number of ketones is 1. The number of aliphatic hydroxyl groups excluding tert-OH is 1. The Bertz CT molecular complexity index is 2100. The molecule has 0 saturated heterocycles. The first-order chi connectivity index (χ1) is 20.4. The molecule has 0 fully saturated rings. The summed E-state index contributed by atoms with van der Waals surface area (Å²) in [6.45, 7) is 14.7. The van der Waals surface area contributed by atoms with E-state index in [1.165, 1.54) is 85.6 Å². The number of benzene rings is 4. The van der Waals surface area contributed by atoms with Crippen LogP contribution in [0, 0.1) is 13.0 Å². The first-order valence-corrected chi connectivity index (χ1v) is 15.8. The van der Waals surface area contributed by atoms with Crippen molar-refractivity contribution < 1.29 is 30.0 Å². The van der Waals surface area contributed by atoms with Gasteiger partial charge in [0.1, 0.15) is 0 Å². The van der Waals surface area contributed by atoms with Crippen LogP contribution in [0.5, 0.6) is 0 Å². The van der Waals surface area contributed by atoms with Crippen molar-refractivity contribution in [3.8, 4) is 11.3 Å². The predicted molar refractivity (Wildman–Crippen MR) is 183 cm³/mol. The summed E-state index contributed by atoms with van der Waals surface area (Å²) in [6.07, 6.45) is 5.59. The average Bonchev–Trinajstić information content (AvgIpc) is 3.31. The third-order valence-electron chi connectivity index (χ3n) is 9.01. The zero-order chi connectivity index (χ0) is 30.7. The van der Waals surface area contributed by atoms with E-state index in [4.69, 9.17) is 10.1 Å². The maximum atomic E-state index is 10.0. The number of nitrogens with zero attached hydrogens (tertiary/aromatic N) is 1. The van der Waals surface area contributed by atoms with E-state index in [0.29, 0.717) is 0 Å². The largest absolute Gasteiger partial charge is 0.512 e. The molecule has 44 heavy (non-hydrogen) atoms. The van der Waals surface area contributed by atoms with Crippen molar-refractivity contribution in [1.82, 2.24) is 4.98 Å². The van der Waals surface area contributed by atoms with Crippen LogP contribution >= 0.6 is 11.3 Å². The number of aryl methyl sites for hydroxylation is 1. The van der Waals surface area contributed by atoms with Gasteiger partial charge in [-0.25, -0.2) is 0 Å². The van der Waals surface area contributed by atoms with E-state index < -0.39 is 0 Å². The molecule has 0 amide bonds. The number of carbonyl (C=O) groups is 1. The number of aliphatic hydroxyl groups is 1. The van der Waals surface area contributed by atoms with Crippen LogP contribution in [0.3, 0.4) is 0 Å². The second-order valence-corrected chi connectivity index (χ2v) is 14.3. The van der Waals surface area contributed by atoms with E-state index in [-0.39, 0.29) is 42.5 Å². The van der Waals surface area contributed by atoms with Gasteiger partial charge in [0, 0.05) is 52.6 Å². The molecule has 7 rings (SSSR count). The van der Waals surface area contributed by atoms with Crippen molar-refractivity contribution >= 4 is 58.8 Å². The van der Waals surface area contributed by atoms with E-state index in [1.807, 2.05) is 17.5 Å². The zero-order valence-corrected chi connectivity index (χ0v) is 29.6. The standard InChI is InChI=1S/C34H30NS.C5H8O2.Ir/c1-20-10-11-24(23-9-7-6-8-22(20)23)31-26-19-27-25-12-13-28-30(34(4,5)16-15-33(28,2)3)32(25)36-29(27)18-21(26)14-17-35-31;1-4(6)3-5(2)7;/h6-10,12-14,17-19H,15-16H2,1-5H3;3,6H,1-2H3;/q-1;;/b;4-3-;. The van der Waals surface area contributed by atoms with E-state index in [0.717, 1.165) is 11.3 Å². The number of fused-ring (bicyclic) bond motifs is 7. The van der Waals surface area contributed by atoms with Gasteiger partial charge in [-0.3, -0.25) is 4.79 Å². The summed E-state index contributed by atoms with van der Waals surface area (Å²) in [6, 6.07) is 26.0. The molecule has 1 radical (unpaired) electrons. The van der Waals surface area contributed by atoms with Crippen molar-refractivity contribution in [1.29, 1.82) is 0 Å². The summed E-state index contributed by atoms with van der Waals surface area (Å²) in [4.78, 5) is 14.9. The zero-order valence-electron chi connectivity index (χ0n) is 26.4. The molecule has 1 N–H and O–H groups in total. The maximum Gasteiger partial charge on any atom is 0.155 e. The monoisotopic (exact) mass is 777 g/mol. The molecule has 2 aromatic heterocycles. The normalized spacial score (nSPS) is 15.5. The molecule has 3 nitrogen and oxygen atoms in total. The van der Waals surface area contributed by atoms with Gasteiger partial charge in [0.05, 0.1) is 5.76 Å². The molecule has 1 aliphatic carbocycles. The Balaban J connectivity index is 0.000000433. The van der Waals surface area contributed by atoms with Crippen molar-refractivity contribution in [3.63, 3.8) is 0 Å². The summed E-state index contributed by atoms with van der Waals surface area (Å²) >= 11 is 1.97. The molecule has 0 aliphatic heterocycles. The van der Waals surface area contributed by atoms with E-state index in [1.54, 1.807) is 5.56 Å².